The molecule has 0 spiro atoms. The van der Waals surface area contributed by atoms with Gasteiger partial charge in [-0.25, -0.2) is 4.39 Å². The maximum absolute atomic E-state index is 13.0. The van der Waals surface area contributed by atoms with E-state index in [9.17, 15) is 9.18 Å². The van der Waals surface area contributed by atoms with Crippen LogP contribution in [0.15, 0.2) is 18.2 Å². The van der Waals surface area contributed by atoms with Gasteiger partial charge >= 0.3 is 0 Å². The molecule has 0 saturated heterocycles. The van der Waals surface area contributed by atoms with E-state index in [1.54, 1.807) is 32.0 Å². The van der Waals surface area contributed by atoms with Gasteiger partial charge in [0.25, 0.3) is 0 Å². The summed E-state index contributed by atoms with van der Waals surface area (Å²) >= 11 is 0. The molecule has 0 aliphatic heterocycles. The molecular formula is C13H19FN2O. The first kappa shape index (κ1) is 13.6. The van der Waals surface area contributed by atoms with Crippen molar-refractivity contribution in [3.8, 4) is 0 Å². The van der Waals surface area contributed by atoms with Crippen molar-refractivity contribution in [2.45, 2.75) is 19.9 Å². The van der Waals surface area contributed by atoms with Gasteiger partial charge < -0.3 is 10.2 Å². The van der Waals surface area contributed by atoms with Gasteiger partial charge in [0.15, 0.2) is 0 Å². The highest BCUT2D eigenvalue weighted by atomic mass is 19.1. The SMILES string of the molecule is Cc1cc(CNCCC(=O)N(C)C)ccc1F. The Morgan fingerprint density at radius 1 is 1.41 bits per heavy atom. The number of amides is 1. The maximum atomic E-state index is 13.0. The molecule has 17 heavy (non-hydrogen) atoms. The topological polar surface area (TPSA) is 32.3 Å². The summed E-state index contributed by atoms with van der Waals surface area (Å²) in [5.74, 6) is -0.0793. The molecule has 0 heterocycles. The molecule has 4 heteroatoms. The van der Waals surface area contributed by atoms with Gasteiger partial charge in [-0.05, 0) is 24.1 Å². The van der Waals surface area contributed by atoms with E-state index in [1.807, 2.05) is 6.07 Å². The van der Waals surface area contributed by atoms with Gasteiger partial charge in [-0.2, -0.15) is 0 Å². The third-order valence-corrected chi connectivity index (χ3v) is 2.57. The first-order valence-electron chi connectivity index (χ1n) is 5.66. The van der Waals surface area contributed by atoms with Crippen molar-refractivity contribution in [1.82, 2.24) is 10.2 Å². The summed E-state index contributed by atoms with van der Waals surface area (Å²) in [6.07, 6.45) is 0.479. The number of rotatable bonds is 5. The van der Waals surface area contributed by atoms with E-state index in [1.165, 1.54) is 6.07 Å². The summed E-state index contributed by atoms with van der Waals surface area (Å²) in [5, 5.41) is 3.16. The Labute approximate surface area is 102 Å². The van der Waals surface area contributed by atoms with Gasteiger partial charge in [0, 0.05) is 33.6 Å². The fourth-order valence-corrected chi connectivity index (χ4v) is 1.47. The zero-order valence-corrected chi connectivity index (χ0v) is 10.6. The number of nitrogens with zero attached hydrogens (tertiary/aromatic N) is 1. The number of nitrogens with one attached hydrogen (secondary N) is 1. The average Bonchev–Trinajstić information content (AvgIpc) is 2.28. The number of hydrogen-bond donors (Lipinski definition) is 1. The summed E-state index contributed by atoms with van der Waals surface area (Å²) in [5.41, 5.74) is 1.68. The van der Waals surface area contributed by atoms with Gasteiger partial charge in [-0.3, -0.25) is 4.79 Å². The van der Waals surface area contributed by atoms with Crippen molar-refractivity contribution in [1.29, 1.82) is 0 Å². The second-order valence-corrected chi connectivity index (χ2v) is 4.30. The third-order valence-electron chi connectivity index (χ3n) is 2.57. The summed E-state index contributed by atoms with van der Waals surface area (Å²) in [7, 11) is 3.48. The predicted octanol–water partition coefficient (Wildman–Crippen LogP) is 1.70. The molecule has 0 radical (unpaired) electrons. The average molecular weight is 238 g/mol. The highest BCUT2D eigenvalue weighted by Crippen LogP contribution is 2.08. The Morgan fingerprint density at radius 2 is 2.12 bits per heavy atom. The summed E-state index contributed by atoms with van der Waals surface area (Å²) in [4.78, 5) is 12.9. The van der Waals surface area contributed by atoms with Gasteiger partial charge in [0.05, 0.1) is 0 Å². The van der Waals surface area contributed by atoms with Crippen LogP contribution in [0.2, 0.25) is 0 Å². The highest BCUT2D eigenvalue weighted by molar-refractivity contribution is 5.75. The summed E-state index contributed by atoms with van der Waals surface area (Å²) in [6, 6.07) is 5.04. The molecule has 1 amide bonds. The fraction of sp³-hybridized carbons (Fsp3) is 0.462. The lowest BCUT2D eigenvalue weighted by molar-refractivity contribution is -0.128. The van der Waals surface area contributed by atoms with Gasteiger partial charge in [0.2, 0.25) is 5.91 Å². The molecule has 0 atom stereocenters. The number of benzene rings is 1. The van der Waals surface area contributed by atoms with Gasteiger partial charge in [0.1, 0.15) is 5.82 Å². The van der Waals surface area contributed by atoms with Crippen LogP contribution >= 0.6 is 0 Å². The molecule has 3 nitrogen and oxygen atoms in total. The van der Waals surface area contributed by atoms with Crippen LogP contribution in [0.3, 0.4) is 0 Å². The molecule has 1 aromatic rings. The quantitative estimate of drug-likeness (QED) is 0.792. The lowest BCUT2D eigenvalue weighted by Gasteiger charge is -2.10. The molecule has 0 bridgehead atoms. The Morgan fingerprint density at radius 3 is 2.71 bits per heavy atom. The van der Waals surface area contributed by atoms with Crippen molar-refractivity contribution in [3.63, 3.8) is 0 Å². The highest BCUT2D eigenvalue weighted by Gasteiger charge is 2.03. The van der Waals surface area contributed by atoms with Crippen molar-refractivity contribution < 1.29 is 9.18 Å². The van der Waals surface area contributed by atoms with E-state index < -0.39 is 0 Å². The molecule has 0 unspecified atom stereocenters. The Bertz CT molecular complexity index is 391. The minimum Gasteiger partial charge on any atom is -0.349 e. The van der Waals surface area contributed by atoms with E-state index in [0.717, 1.165) is 5.56 Å². The van der Waals surface area contributed by atoms with Crippen molar-refractivity contribution >= 4 is 5.91 Å². The molecule has 0 saturated carbocycles. The van der Waals surface area contributed by atoms with Crippen LogP contribution in [-0.2, 0) is 11.3 Å². The molecule has 1 N–H and O–H groups in total. The summed E-state index contributed by atoms with van der Waals surface area (Å²) in [6.45, 7) is 3.03. The molecule has 0 aromatic heterocycles. The largest absolute Gasteiger partial charge is 0.349 e. The standard InChI is InChI=1S/C13H19FN2O/c1-10-8-11(4-5-12(10)14)9-15-7-6-13(17)16(2)3/h4-5,8,15H,6-7,9H2,1-3H3. The van der Waals surface area contributed by atoms with E-state index >= 15 is 0 Å². The van der Waals surface area contributed by atoms with Gasteiger partial charge in [-0.1, -0.05) is 12.1 Å². The normalized spacial score (nSPS) is 10.4. The first-order chi connectivity index (χ1) is 8.00. The Balaban J connectivity index is 2.31. The van der Waals surface area contributed by atoms with Gasteiger partial charge in [-0.15, -0.1) is 0 Å². The zero-order valence-electron chi connectivity index (χ0n) is 10.6. The third kappa shape index (κ3) is 4.53. The second-order valence-electron chi connectivity index (χ2n) is 4.30. The van der Waals surface area contributed by atoms with Crippen molar-refractivity contribution in [2.75, 3.05) is 20.6 Å². The summed E-state index contributed by atoms with van der Waals surface area (Å²) < 4.78 is 13.0. The molecule has 0 aliphatic carbocycles. The van der Waals surface area contributed by atoms with E-state index in [0.29, 0.717) is 25.1 Å². The molecule has 1 rings (SSSR count). The van der Waals surface area contributed by atoms with Crippen molar-refractivity contribution in [2.24, 2.45) is 0 Å². The fourth-order valence-electron chi connectivity index (χ4n) is 1.47. The molecule has 1 aromatic carbocycles. The molecular weight excluding hydrogens is 219 g/mol. The number of halogens is 1. The smallest absolute Gasteiger partial charge is 0.223 e. The zero-order chi connectivity index (χ0) is 12.8. The lowest BCUT2D eigenvalue weighted by Crippen LogP contribution is -2.26. The number of hydrogen-bond acceptors (Lipinski definition) is 2. The number of carbonyl (C=O) groups excluding carboxylic acids is 1. The van der Waals surface area contributed by atoms with Crippen LogP contribution in [0.5, 0.6) is 0 Å². The Kier molecular flexibility index (Phi) is 5.10. The van der Waals surface area contributed by atoms with Crippen LogP contribution in [0.1, 0.15) is 17.5 Å². The minimum atomic E-state index is -0.184. The van der Waals surface area contributed by atoms with Crippen LogP contribution in [0.4, 0.5) is 4.39 Å². The first-order valence-corrected chi connectivity index (χ1v) is 5.66. The molecule has 0 fully saturated rings. The number of carbonyl (C=O) groups is 1. The lowest BCUT2D eigenvalue weighted by atomic mass is 10.1. The molecule has 94 valence electrons. The van der Waals surface area contributed by atoms with Crippen LogP contribution in [0, 0.1) is 12.7 Å². The van der Waals surface area contributed by atoms with Crippen LogP contribution in [0.25, 0.3) is 0 Å². The predicted molar refractivity (Wildman–Crippen MR) is 66.2 cm³/mol. The monoisotopic (exact) mass is 238 g/mol. The van der Waals surface area contributed by atoms with E-state index in [2.05, 4.69) is 5.32 Å². The van der Waals surface area contributed by atoms with Crippen LogP contribution in [-0.4, -0.2) is 31.4 Å². The van der Waals surface area contributed by atoms with E-state index in [4.69, 9.17) is 0 Å². The van der Waals surface area contributed by atoms with E-state index in [-0.39, 0.29) is 11.7 Å². The number of aryl methyl sites for hydroxylation is 1. The second kappa shape index (κ2) is 6.35. The molecule has 0 aliphatic rings. The maximum Gasteiger partial charge on any atom is 0.223 e. The Hall–Kier alpha value is -1.42. The van der Waals surface area contributed by atoms with Crippen molar-refractivity contribution in [3.05, 3.63) is 35.1 Å². The van der Waals surface area contributed by atoms with Crippen LogP contribution < -0.4 is 5.32 Å². The minimum absolute atomic E-state index is 0.104.